The molecule has 1 aliphatic rings. The highest BCUT2D eigenvalue weighted by molar-refractivity contribution is 5.94. The number of nitrogens with one attached hydrogen (secondary N) is 1. The molecule has 2 aromatic carbocycles. The van der Waals surface area contributed by atoms with Gasteiger partial charge in [0.05, 0.1) is 11.4 Å². The third-order valence-corrected chi connectivity index (χ3v) is 4.10. The largest absolute Gasteiger partial charge is 0.310 e. The number of aromatic nitrogens is 2. The molecule has 24 heavy (non-hydrogen) atoms. The topological polar surface area (TPSA) is 46.9 Å². The second-order valence-electron chi connectivity index (χ2n) is 5.69. The maximum absolute atomic E-state index is 13.5. The number of imidazole rings is 1. The van der Waals surface area contributed by atoms with Crippen molar-refractivity contribution in [1.82, 2.24) is 9.55 Å². The number of nitrogens with zero attached hydrogens (tertiary/aromatic N) is 2. The summed E-state index contributed by atoms with van der Waals surface area (Å²) in [6.45, 7) is 0. The number of amides is 1. The van der Waals surface area contributed by atoms with E-state index in [4.69, 9.17) is 0 Å². The Hall–Kier alpha value is -3.02. The van der Waals surface area contributed by atoms with Gasteiger partial charge >= 0.3 is 0 Å². The van der Waals surface area contributed by atoms with E-state index in [1.165, 1.54) is 23.0 Å². The summed E-state index contributed by atoms with van der Waals surface area (Å²) in [5, 5.41) is 2.76. The van der Waals surface area contributed by atoms with Gasteiger partial charge in [0, 0.05) is 18.4 Å². The average Bonchev–Trinajstić information content (AvgIpc) is 2.97. The highest BCUT2D eigenvalue weighted by Crippen LogP contribution is 2.37. The fraction of sp³-hybridized carbons (Fsp3) is 0.111. The molecule has 1 aliphatic heterocycles. The number of halogens is 2. The molecule has 0 aliphatic carbocycles. The van der Waals surface area contributed by atoms with Gasteiger partial charge in [-0.15, -0.1) is 0 Å². The van der Waals surface area contributed by atoms with Gasteiger partial charge in [-0.2, -0.15) is 0 Å². The Morgan fingerprint density at radius 2 is 1.79 bits per heavy atom. The maximum atomic E-state index is 13.5. The average molecular weight is 325 g/mol. The second kappa shape index (κ2) is 5.56. The van der Waals surface area contributed by atoms with Crippen LogP contribution in [0.15, 0.2) is 54.9 Å². The summed E-state index contributed by atoms with van der Waals surface area (Å²) < 4.78 is 28.5. The van der Waals surface area contributed by atoms with Crippen molar-refractivity contribution >= 4 is 11.7 Å². The quantitative estimate of drug-likeness (QED) is 0.782. The molecule has 0 unspecified atom stereocenters. The summed E-state index contributed by atoms with van der Waals surface area (Å²) in [4.78, 5) is 16.5. The van der Waals surface area contributed by atoms with E-state index in [0.717, 1.165) is 11.6 Å². The third-order valence-electron chi connectivity index (χ3n) is 4.10. The highest BCUT2D eigenvalue weighted by Gasteiger charge is 2.30. The summed E-state index contributed by atoms with van der Waals surface area (Å²) in [5.41, 5.74) is 1.94. The molecule has 2 heterocycles. The van der Waals surface area contributed by atoms with Crippen molar-refractivity contribution in [1.29, 1.82) is 0 Å². The lowest BCUT2D eigenvalue weighted by Crippen LogP contribution is -2.24. The molecule has 1 amide bonds. The summed E-state index contributed by atoms with van der Waals surface area (Å²) >= 11 is 0. The summed E-state index contributed by atoms with van der Waals surface area (Å²) in [5.74, 6) is -1.27. The molecule has 4 rings (SSSR count). The van der Waals surface area contributed by atoms with Crippen LogP contribution >= 0.6 is 0 Å². The first-order valence-corrected chi connectivity index (χ1v) is 7.50. The van der Waals surface area contributed by atoms with Crippen molar-refractivity contribution in [2.45, 2.75) is 12.3 Å². The molecule has 0 spiro atoms. The fourth-order valence-electron chi connectivity index (χ4n) is 3.04. The molecule has 120 valence electrons. The summed E-state index contributed by atoms with van der Waals surface area (Å²) in [6.07, 6.45) is 1.76. The monoisotopic (exact) mass is 325 g/mol. The van der Waals surface area contributed by atoms with Gasteiger partial charge < -0.3 is 5.32 Å². The van der Waals surface area contributed by atoms with Gasteiger partial charge in [-0.05, 0) is 17.7 Å². The van der Waals surface area contributed by atoms with Gasteiger partial charge in [-0.3, -0.25) is 9.36 Å². The van der Waals surface area contributed by atoms with Crippen molar-refractivity contribution in [3.8, 4) is 5.69 Å². The number of anilines is 1. The lowest BCUT2D eigenvalue weighted by atomic mass is 9.90. The predicted octanol–water partition coefficient (Wildman–Crippen LogP) is 3.62. The molecule has 4 nitrogen and oxygen atoms in total. The van der Waals surface area contributed by atoms with Crippen LogP contribution in [0, 0.1) is 11.6 Å². The number of carbonyl (C=O) groups excluding carboxylic acids is 1. The number of rotatable bonds is 2. The van der Waals surface area contributed by atoms with Crippen LogP contribution in [0.4, 0.5) is 14.6 Å². The minimum atomic E-state index is -0.686. The Labute approximate surface area is 136 Å². The SMILES string of the molecule is O=C1C[C@@H](c2ccccc2)c2ncn(-c3cc(F)cc(F)c3)c2N1. The van der Waals surface area contributed by atoms with E-state index in [-0.39, 0.29) is 23.9 Å². The normalized spacial score (nSPS) is 16.6. The van der Waals surface area contributed by atoms with Crippen LogP contribution < -0.4 is 5.32 Å². The Bertz CT molecular complexity index is 901. The molecule has 3 aromatic rings. The number of fused-ring (bicyclic) bond motifs is 1. The molecule has 0 radical (unpaired) electrons. The van der Waals surface area contributed by atoms with Crippen LogP contribution in [0.5, 0.6) is 0 Å². The minimum Gasteiger partial charge on any atom is -0.310 e. The molecule has 6 heteroatoms. The van der Waals surface area contributed by atoms with Gasteiger partial charge in [-0.1, -0.05) is 30.3 Å². The first-order valence-electron chi connectivity index (χ1n) is 7.50. The molecule has 0 bridgehead atoms. The molecule has 1 N–H and O–H groups in total. The lowest BCUT2D eigenvalue weighted by Gasteiger charge is -2.23. The predicted molar refractivity (Wildman–Crippen MR) is 85.0 cm³/mol. The van der Waals surface area contributed by atoms with E-state index in [9.17, 15) is 13.6 Å². The standard InChI is InChI=1S/C18H13F2N3O/c19-12-6-13(20)8-14(7-12)23-10-21-17-15(9-16(24)22-18(17)23)11-4-2-1-3-5-11/h1-8,10,15H,9H2,(H,22,24)/t15-/m0/s1. The van der Waals surface area contributed by atoms with Crippen molar-refractivity contribution in [3.05, 3.63) is 77.8 Å². The van der Waals surface area contributed by atoms with Crippen LogP contribution in [0.25, 0.3) is 5.69 Å². The van der Waals surface area contributed by atoms with E-state index in [1.807, 2.05) is 30.3 Å². The van der Waals surface area contributed by atoms with Crippen LogP contribution in [-0.4, -0.2) is 15.5 Å². The summed E-state index contributed by atoms with van der Waals surface area (Å²) in [7, 11) is 0. The Morgan fingerprint density at radius 3 is 2.50 bits per heavy atom. The first-order chi connectivity index (χ1) is 11.6. The summed E-state index contributed by atoms with van der Waals surface area (Å²) in [6, 6.07) is 12.8. The van der Waals surface area contributed by atoms with Crippen molar-refractivity contribution in [2.75, 3.05) is 5.32 Å². The molecule has 0 saturated heterocycles. The molecular formula is C18H13F2N3O. The molecule has 1 atom stereocenters. The van der Waals surface area contributed by atoms with Crippen molar-refractivity contribution in [2.24, 2.45) is 0 Å². The minimum absolute atomic E-state index is 0.157. The van der Waals surface area contributed by atoms with Crippen LogP contribution in [0.3, 0.4) is 0 Å². The first kappa shape index (κ1) is 14.6. The van der Waals surface area contributed by atoms with E-state index in [1.54, 1.807) is 0 Å². The Morgan fingerprint density at radius 1 is 1.08 bits per heavy atom. The molecule has 0 fully saturated rings. The molecular weight excluding hydrogens is 312 g/mol. The van der Waals surface area contributed by atoms with E-state index >= 15 is 0 Å². The fourth-order valence-corrected chi connectivity index (χ4v) is 3.04. The number of hydrogen-bond acceptors (Lipinski definition) is 2. The zero-order chi connectivity index (χ0) is 16.7. The Balaban J connectivity index is 1.84. The third kappa shape index (κ3) is 2.46. The number of hydrogen-bond donors (Lipinski definition) is 1. The highest BCUT2D eigenvalue weighted by atomic mass is 19.1. The lowest BCUT2D eigenvalue weighted by molar-refractivity contribution is -0.116. The Kier molecular flexibility index (Phi) is 3.37. The van der Waals surface area contributed by atoms with Gasteiger partial charge in [-0.25, -0.2) is 13.8 Å². The van der Waals surface area contributed by atoms with Gasteiger partial charge in [0.2, 0.25) is 5.91 Å². The van der Waals surface area contributed by atoms with Gasteiger partial charge in [0.15, 0.2) is 0 Å². The van der Waals surface area contributed by atoms with Crippen LogP contribution in [0.1, 0.15) is 23.6 Å². The molecule has 1 aromatic heterocycles. The van der Waals surface area contributed by atoms with E-state index in [0.29, 0.717) is 11.5 Å². The maximum Gasteiger partial charge on any atom is 0.226 e. The van der Waals surface area contributed by atoms with Gasteiger partial charge in [0.1, 0.15) is 23.8 Å². The van der Waals surface area contributed by atoms with E-state index < -0.39 is 11.6 Å². The second-order valence-corrected chi connectivity index (χ2v) is 5.69. The van der Waals surface area contributed by atoms with Crippen molar-refractivity contribution < 1.29 is 13.6 Å². The van der Waals surface area contributed by atoms with E-state index in [2.05, 4.69) is 10.3 Å². The van der Waals surface area contributed by atoms with Crippen molar-refractivity contribution in [3.63, 3.8) is 0 Å². The number of carbonyl (C=O) groups is 1. The number of benzene rings is 2. The zero-order valence-corrected chi connectivity index (χ0v) is 12.5. The smallest absolute Gasteiger partial charge is 0.226 e. The molecule has 0 saturated carbocycles. The van der Waals surface area contributed by atoms with Crippen LogP contribution in [-0.2, 0) is 4.79 Å². The van der Waals surface area contributed by atoms with Crippen LogP contribution in [0.2, 0.25) is 0 Å². The van der Waals surface area contributed by atoms with Gasteiger partial charge in [0.25, 0.3) is 0 Å². The zero-order valence-electron chi connectivity index (χ0n) is 12.5.